The van der Waals surface area contributed by atoms with Gasteiger partial charge in [0.05, 0.1) is 15.6 Å². The molecule has 2 heterocycles. The molecule has 0 saturated carbocycles. The zero-order valence-corrected chi connectivity index (χ0v) is 13.9. The first-order valence-electron chi connectivity index (χ1n) is 7.87. The Bertz CT molecular complexity index is 1140. The van der Waals surface area contributed by atoms with Crippen molar-refractivity contribution in [2.75, 3.05) is 11.9 Å². The summed E-state index contributed by atoms with van der Waals surface area (Å²) in [7, 11) is 0. The van der Waals surface area contributed by atoms with E-state index in [1.165, 1.54) is 23.5 Å². The number of benzene rings is 2. The summed E-state index contributed by atoms with van der Waals surface area (Å²) < 4.78 is 15.2. The highest BCUT2D eigenvalue weighted by Gasteiger charge is 2.15. The number of fused-ring (bicyclic) bond motifs is 4. The van der Waals surface area contributed by atoms with Gasteiger partial charge in [0.15, 0.2) is 5.43 Å². The van der Waals surface area contributed by atoms with E-state index in [0.29, 0.717) is 10.8 Å². The Morgan fingerprint density at radius 1 is 1.17 bits per heavy atom. The zero-order valence-electron chi connectivity index (χ0n) is 13.1. The van der Waals surface area contributed by atoms with Crippen molar-refractivity contribution in [1.82, 2.24) is 4.98 Å². The van der Waals surface area contributed by atoms with Crippen molar-refractivity contribution in [1.29, 1.82) is 0 Å². The molecule has 3 nitrogen and oxygen atoms in total. The van der Waals surface area contributed by atoms with Crippen LogP contribution in [0.1, 0.15) is 13.3 Å². The zero-order chi connectivity index (χ0) is 16.7. The fourth-order valence-corrected chi connectivity index (χ4v) is 4.03. The first kappa shape index (κ1) is 15.0. The van der Waals surface area contributed by atoms with Crippen LogP contribution in [0.5, 0.6) is 0 Å². The number of anilines is 1. The second kappa shape index (κ2) is 5.83. The van der Waals surface area contributed by atoms with Crippen LogP contribution < -0.4 is 10.7 Å². The summed E-state index contributed by atoms with van der Waals surface area (Å²) in [4.78, 5) is 17.8. The van der Waals surface area contributed by atoms with Crippen LogP contribution in [0.2, 0.25) is 0 Å². The molecule has 1 N–H and O–H groups in total. The molecule has 0 fully saturated rings. The Balaban J connectivity index is 2.21. The van der Waals surface area contributed by atoms with Gasteiger partial charge in [-0.2, -0.15) is 0 Å². The maximum absolute atomic E-state index is 13.6. The summed E-state index contributed by atoms with van der Waals surface area (Å²) in [6.07, 6.45) is 0.962. The predicted octanol–water partition coefficient (Wildman–Crippen LogP) is 4.92. The van der Waals surface area contributed by atoms with Crippen molar-refractivity contribution in [3.8, 4) is 0 Å². The normalized spacial score (nSPS) is 11.4. The molecule has 0 bridgehead atoms. The lowest BCUT2D eigenvalue weighted by molar-refractivity contribution is 0.630. The van der Waals surface area contributed by atoms with Gasteiger partial charge in [-0.1, -0.05) is 25.1 Å². The average molecular weight is 338 g/mol. The van der Waals surface area contributed by atoms with Crippen LogP contribution in [-0.4, -0.2) is 11.5 Å². The minimum absolute atomic E-state index is 0.142. The molecule has 4 rings (SSSR count). The molecule has 2 aromatic heterocycles. The van der Waals surface area contributed by atoms with Crippen LogP contribution in [0.4, 0.5) is 10.2 Å². The number of rotatable bonds is 3. The van der Waals surface area contributed by atoms with E-state index in [1.807, 2.05) is 24.3 Å². The first-order valence-corrected chi connectivity index (χ1v) is 8.69. The third kappa shape index (κ3) is 2.32. The topological polar surface area (TPSA) is 42.0 Å². The molecule has 0 saturated heterocycles. The number of nitrogens with zero attached hydrogens (tertiary/aromatic N) is 1. The predicted molar refractivity (Wildman–Crippen MR) is 99.6 cm³/mol. The fourth-order valence-electron chi connectivity index (χ4n) is 2.90. The van der Waals surface area contributed by atoms with Crippen LogP contribution in [0.15, 0.2) is 47.3 Å². The highest BCUT2D eigenvalue weighted by atomic mass is 32.1. The molecule has 4 aromatic rings. The molecule has 0 aliphatic heterocycles. The Labute approximate surface area is 141 Å². The molecule has 0 atom stereocenters. The van der Waals surface area contributed by atoms with E-state index >= 15 is 0 Å². The molecule has 0 unspecified atom stereocenters. The number of para-hydroxylation sites is 1. The number of pyridine rings is 1. The summed E-state index contributed by atoms with van der Waals surface area (Å²) in [6.45, 7) is 2.86. The number of hydrogen-bond acceptors (Lipinski definition) is 4. The average Bonchev–Trinajstić information content (AvgIpc) is 2.60. The fraction of sp³-hybridized carbons (Fsp3) is 0.158. The molecule has 0 spiro atoms. The highest BCUT2D eigenvalue weighted by molar-refractivity contribution is 7.25. The SMILES string of the molecule is CCCNc1nc2ccccc2c2c(=O)c3cc(F)ccc3sc12. The number of halogens is 1. The van der Waals surface area contributed by atoms with Crippen molar-refractivity contribution in [3.05, 3.63) is 58.5 Å². The van der Waals surface area contributed by atoms with Crippen molar-refractivity contribution >= 4 is 48.2 Å². The summed E-state index contributed by atoms with van der Waals surface area (Å²) in [5, 5.41) is 5.16. The van der Waals surface area contributed by atoms with Gasteiger partial charge < -0.3 is 5.32 Å². The molecule has 0 aliphatic rings. The van der Waals surface area contributed by atoms with Gasteiger partial charge in [-0.15, -0.1) is 11.3 Å². The maximum Gasteiger partial charge on any atom is 0.196 e. The minimum atomic E-state index is -0.395. The Morgan fingerprint density at radius 3 is 2.83 bits per heavy atom. The van der Waals surface area contributed by atoms with E-state index in [0.717, 1.165) is 39.1 Å². The van der Waals surface area contributed by atoms with Crippen molar-refractivity contribution in [2.24, 2.45) is 0 Å². The van der Waals surface area contributed by atoms with Gasteiger partial charge in [-0.05, 0) is 30.7 Å². The number of hydrogen-bond donors (Lipinski definition) is 1. The van der Waals surface area contributed by atoms with Crippen molar-refractivity contribution < 1.29 is 4.39 Å². The van der Waals surface area contributed by atoms with E-state index in [4.69, 9.17) is 4.98 Å². The van der Waals surface area contributed by atoms with Gasteiger partial charge in [0.2, 0.25) is 0 Å². The molecular weight excluding hydrogens is 323 g/mol. The lowest BCUT2D eigenvalue weighted by Gasteiger charge is -2.11. The van der Waals surface area contributed by atoms with E-state index in [2.05, 4.69) is 12.2 Å². The summed E-state index contributed by atoms with van der Waals surface area (Å²) in [6, 6.07) is 12.0. The summed E-state index contributed by atoms with van der Waals surface area (Å²) in [5.41, 5.74) is 0.625. The monoisotopic (exact) mass is 338 g/mol. The van der Waals surface area contributed by atoms with Crippen LogP contribution in [-0.2, 0) is 0 Å². The molecule has 0 aliphatic carbocycles. The Morgan fingerprint density at radius 2 is 2.00 bits per heavy atom. The van der Waals surface area contributed by atoms with Gasteiger partial charge in [0.25, 0.3) is 0 Å². The Hall–Kier alpha value is -2.53. The van der Waals surface area contributed by atoms with Crippen molar-refractivity contribution in [2.45, 2.75) is 13.3 Å². The first-order chi connectivity index (χ1) is 11.7. The van der Waals surface area contributed by atoms with Gasteiger partial charge in [0.1, 0.15) is 11.6 Å². The van der Waals surface area contributed by atoms with Gasteiger partial charge in [0, 0.05) is 22.0 Å². The molecule has 120 valence electrons. The molecule has 0 amide bonds. The summed E-state index contributed by atoms with van der Waals surface area (Å²) in [5.74, 6) is 0.327. The van der Waals surface area contributed by atoms with E-state index < -0.39 is 5.82 Å². The Kier molecular flexibility index (Phi) is 3.65. The molecule has 5 heteroatoms. The quantitative estimate of drug-likeness (QED) is 0.426. The lowest BCUT2D eigenvalue weighted by Crippen LogP contribution is -2.07. The maximum atomic E-state index is 13.6. The van der Waals surface area contributed by atoms with Gasteiger partial charge in [-0.3, -0.25) is 4.79 Å². The van der Waals surface area contributed by atoms with E-state index in [9.17, 15) is 9.18 Å². The highest BCUT2D eigenvalue weighted by Crippen LogP contribution is 2.33. The largest absolute Gasteiger partial charge is 0.369 e. The second-order valence-electron chi connectivity index (χ2n) is 5.68. The molecular formula is C19H15FN2OS. The van der Waals surface area contributed by atoms with Gasteiger partial charge in [-0.25, -0.2) is 9.37 Å². The minimum Gasteiger partial charge on any atom is -0.369 e. The van der Waals surface area contributed by atoms with E-state index in [-0.39, 0.29) is 5.43 Å². The van der Waals surface area contributed by atoms with E-state index in [1.54, 1.807) is 6.07 Å². The number of nitrogens with one attached hydrogen (secondary N) is 1. The summed E-state index contributed by atoms with van der Waals surface area (Å²) >= 11 is 1.47. The third-order valence-electron chi connectivity index (χ3n) is 4.02. The second-order valence-corrected chi connectivity index (χ2v) is 6.73. The van der Waals surface area contributed by atoms with Crippen LogP contribution >= 0.6 is 11.3 Å². The molecule has 2 aromatic carbocycles. The van der Waals surface area contributed by atoms with Crippen LogP contribution in [0.25, 0.3) is 31.1 Å². The van der Waals surface area contributed by atoms with Gasteiger partial charge >= 0.3 is 0 Å². The molecule has 0 radical (unpaired) electrons. The number of aromatic nitrogens is 1. The smallest absolute Gasteiger partial charge is 0.196 e. The van der Waals surface area contributed by atoms with Crippen LogP contribution in [0.3, 0.4) is 0 Å². The molecule has 24 heavy (non-hydrogen) atoms. The standard InChI is InChI=1S/C19H15FN2OS/c1-2-9-21-19-18-16(12-5-3-4-6-14(12)22-19)17(23)13-10-11(20)7-8-15(13)24-18/h3-8,10H,2,9H2,1H3,(H,21,22). The van der Waals surface area contributed by atoms with Crippen molar-refractivity contribution in [3.63, 3.8) is 0 Å². The van der Waals surface area contributed by atoms with Crippen LogP contribution in [0, 0.1) is 5.82 Å². The lowest BCUT2D eigenvalue weighted by atomic mass is 10.1. The third-order valence-corrected chi connectivity index (χ3v) is 5.19.